The van der Waals surface area contributed by atoms with Gasteiger partial charge in [0.15, 0.2) is 0 Å². The summed E-state index contributed by atoms with van der Waals surface area (Å²) in [6.07, 6.45) is 2.48. The van der Waals surface area contributed by atoms with Crippen molar-refractivity contribution in [2.45, 2.75) is 33.2 Å². The molecule has 1 N–H and O–H groups in total. The minimum Gasteiger partial charge on any atom is -0.384 e. The second-order valence-electron chi connectivity index (χ2n) is 5.79. The maximum Gasteiger partial charge on any atom is 0.0491 e. The van der Waals surface area contributed by atoms with Crippen LogP contribution >= 0.6 is 0 Å². The van der Waals surface area contributed by atoms with Gasteiger partial charge in [-0.3, -0.25) is 0 Å². The standard InChI is InChI=1S/C17H28N2O/c1-4-18-12-16-5-6-17(14(2)11-16)19-9-7-15(8-10-19)13-20-3/h5-6,11,15,18H,4,7-10,12-13H2,1-3H3. The summed E-state index contributed by atoms with van der Waals surface area (Å²) in [5.74, 6) is 0.740. The fourth-order valence-corrected chi connectivity index (χ4v) is 3.03. The van der Waals surface area contributed by atoms with Gasteiger partial charge >= 0.3 is 0 Å². The van der Waals surface area contributed by atoms with Crippen molar-refractivity contribution in [2.75, 3.05) is 38.3 Å². The van der Waals surface area contributed by atoms with E-state index in [-0.39, 0.29) is 0 Å². The Morgan fingerprint density at radius 2 is 2.05 bits per heavy atom. The van der Waals surface area contributed by atoms with Gasteiger partial charge < -0.3 is 15.0 Å². The number of ether oxygens (including phenoxy) is 1. The lowest BCUT2D eigenvalue weighted by molar-refractivity contribution is 0.139. The predicted octanol–water partition coefficient (Wildman–Crippen LogP) is 2.97. The highest BCUT2D eigenvalue weighted by Crippen LogP contribution is 2.27. The number of nitrogens with one attached hydrogen (secondary N) is 1. The molecule has 0 unspecified atom stereocenters. The molecule has 0 amide bonds. The molecular weight excluding hydrogens is 248 g/mol. The highest BCUT2D eigenvalue weighted by molar-refractivity contribution is 5.54. The first kappa shape index (κ1) is 15.3. The van der Waals surface area contributed by atoms with Crippen molar-refractivity contribution in [3.8, 4) is 0 Å². The molecule has 3 heteroatoms. The second-order valence-corrected chi connectivity index (χ2v) is 5.79. The maximum absolute atomic E-state index is 5.27. The highest BCUT2D eigenvalue weighted by Gasteiger charge is 2.20. The Morgan fingerprint density at radius 3 is 2.65 bits per heavy atom. The van der Waals surface area contributed by atoms with Crippen molar-refractivity contribution in [1.29, 1.82) is 0 Å². The summed E-state index contributed by atoms with van der Waals surface area (Å²) in [6, 6.07) is 6.87. The smallest absolute Gasteiger partial charge is 0.0491 e. The number of aryl methyl sites for hydroxylation is 1. The summed E-state index contributed by atoms with van der Waals surface area (Å²) in [4.78, 5) is 2.53. The zero-order chi connectivity index (χ0) is 14.4. The molecule has 0 saturated carbocycles. The Labute approximate surface area is 123 Å². The molecule has 20 heavy (non-hydrogen) atoms. The number of hydrogen-bond acceptors (Lipinski definition) is 3. The maximum atomic E-state index is 5.27. The molecule has 1 saturated heterocycles. The first-order valence-corrected chi connectivity index (χ1v) is 7.78. The zero-order valence-corrected chi connectivity index (χ0v) is 13.1. The number of methoxy groups -OCH3 is 1. The lowest BCUT2D eigenvalue weighted by atomic mass is 9.96. The van der Waals surface area contributed by atoms with E-state index in [0.717, 1.165) is 38.7 Å². The number of anilines is 1. The Hall–Kier alpha value is -1.06. The molecule has 0 aliphatic carbocycles. The highest BCUT2D eigenvalue weighted by atomic mass is 16.5. The van der Waals surface area contributed by atoms with Crippen LogP contribution in [0, 0.1) is 12.8 Å². The van der Waals surface area contributed by atoms with Gasteiger partial charge in [0, 0.05) is 39.0 Å². The Morgan fingerprint density at radius 1 is 1.30 bits per heavy atom. The van der Waals surface area contributed by atoms with E-state index in [1.165, 1.54) is 29.7 Å². The molecule has 0 spiro atoms. The van der Waals surface area contributed by atoms with Crippen molar-refractivity contribution in [1.82, 2.24) is 5.32 Å². The monoisotopic (exact) mass is 276 g/mol. The van der Waals surface area contributed by atoms with Crippen LogP contribution in [0.3, 0.4) is 0 Å². The van der Waals surface area contributed by atoms with E-state index in [0.29, 0.717) is 0 Å². The lowest BCUT2D eigenvalue weighted by Gasteiger charge is -2.34. The van der Waals surface area contributed by atoms with Crippen LogP contribution in [0.25, 0.3) is 0 Å². The van der Waals surface area contributed by atoms with Gasteiger partial charge in [-0.05, 0) is 49.4 Å². The van der Waals surface area contributed by atoms with Crippen molar-refractivity contribution in [3.63, 3.8) is 0 Å². The summed E-state index contributed by atoms with van der Waals surface area (Å²) in [5, 5.41) is 3.38. The van der Waals surface area contributed by atoms with Gasteiger partial charge in [-0.1, -0.05) is 19.1 Å². The first-order valence-electron chi connectivity index (χ1n) is 7.78. The predicted molar refractivity (Wildman–Crippen MR) is 85.4 cm³/mol. The SMILES string of the molecule is CCNCc1ccc(N2CCC(COC)CC2)c(C)c1. The Bertz CT molecular complexity index is 411. The zero-order valence-electron chi connectivity index (χ0n) is 13.1. The van der Waals surface area contributed by atoms with Gasteiger partial charge in [0.1, 0.15) is 0 Å². The van der Waals surface area contributed by atoms with Crippen molar-refractivity contribution >= 4 is 5.69 Å². The minimum absolute atomic E-state index is 0.740. The van der Waals surface area contributed by atoms with Crippen LogP contribution in [-0.2, 0) is 11.3 Å². The van der Waals surface area contributed by atoms with E-state index in [9.17, 15) is 0 Å². The van der Waals surface area contributed by atoms with Gasteiger partial charge in [-0.15, -0.1) is 0 Å². The van der Waals surface area contributed by atoms with Gasteiger partial charge in [0.2, 0.25) is 0 Å². The summed E-state index contributed by atoms with van der Waals surface area (Å²) in [6.45, 7) is 9.58. The molecule has 0 atom stereocenters. The molecule has 1 aromatic carbocycles. The minimum atomic E-state index is 0.740. The quantitative estimate of drug-likeness (QED) is 0.864. The van der Waals surface area contributed by atoms with Crippen LogP contribution in [-0.4, -0.2) is 33.4 Å². The molecule has 0 radical (unpaired) electrons. The fourth-order valence-electron chi connectivity index (χ4n) is 3.03. The number of rotatable bonds is 6. The third-order valence-corrected chi connectivity index (χ3v) is 4.20. The molecule has 3 nitrogen and oxygen atoms in total. The average molecular weight is 276 g/mol. The van der Waals surface area contributed by atoms with E-state index < -0.39 is 0 Å². The third kappa shape index (κ3) is 3.97. The topological polar surface area (TPSA) is 24.5 Å². The van der Waals surface area contributed by atoms with Crippen LogP contribution in [0.15, 0.2) is 18.2 Å². The molecule has 1 aliphatic rings. The second kappa shape index (κ2) is 7.65. The molecular formula is C17H28N2O. The largest absolute Gasteiger partial charge is 0.384 e. The molecule has 1 heterocycles. The van der Waals surface area contributed by atoms with E-state index in [1.807, 2.05) is 0 Å². The van der Waals surface area contributed by atoms with Crippen molar-refractivity contribution in [3.05, 3.63) is 29.3 Å². The molecule has 1 aliphatic heterocycles. The van der Waals surface area contributed by atoms with Crippen molar-refractivity contribution in [2.24, 2.45) is 5.92 Å². The lowest BCUT2D eigenvalue weighted by Crippen LogP contribution is -2.35. The van der Waals surface area contributed by atoms with Gasteiger partial charge in [0.25, 0.3) is 0 Å². The Balaban J connectivity index is 1.96. The number of benzene rings is 1. The van der Waals surface area contributed by atoms with Gasteiger partial charge in [-0.25, -0.2) is 0 Å². The summed E-state index contributed by atoms with van der Waals surface area (Å²) in [7, 11) is 1.81. The number of piperidine rings is 1. The van der Waals surface area contributed by atoms with Crippen LogP contribution in [0.2, 0.25) is 0 Å². The molecule has 1 fully saturated rings. The molecule has 112 valence electrons. The summed E-state index contributed by atoms with van der Waals surface area (Å²) in [5.41, 5.74) is 4.18. The first-order chi connectivity index (χ1) is 9.74. The van der Waals surface area contributed by atoms with E-state index >= 15 is 0 Å². The molecule has 1 aromatic rings. The molecule has 0 bridgehead atoms. The number of hydrogen-bond donors (Lipinski definition) is 1. The van der Waals surface area contributed by atoms with E-state index in [1.54, 1.807) is 7.11 Å². The van der Waals surface area contributed by atoms with Crippen LogP contribution in [0.5, 0.6) is 0 Å². The average Bonchev–Trinajstić information content (AvgIpc) is 2.47. The number of nitrogens with zero attached hydrogens (tertiary/aromatic N) is 1. The molecule has 2 rings (SSSR count). The third-order valence-electron chi connectivity index (χ3n) is 4.20. The van der Waals surface area contributed by atoms with E-state index in [2.05, 4.69) is 42.3 Å². The molecule has 0 aromatic heterocycles. The fraction of sp³-hybridized carbons (Fsp3) is 0.647. The summed E-state index contributed by atoms with van der Waals surface area (Å²) < 4.78 is 5.27. The van der Waals surface area contributed by atoms with Crippen molar-refractivity contribution < 1.29 is 4.74 Å². The summed E-state index contributed by atoms with van der Waals surface area (Å²) >= 11 is 0. The van der Waals surface area contributed by atoms with E-state index in [4.69, 9.17) is 4.74 Å². The van der Waals surface area contributed by atoms with Crippen LogP contribution < -0.4 is 10.2 Å². The normalized spacial score (nSPS) is 16.6. The van der Waals surface area contributed by atoms with Crippen LogP contribution in [0.1, 0.15) is 30.9 Å². The Kier molecular flexibility index (Phi) is 5.86. The van der Waals surface area contributed by atoms with Gasteiger partial charge in [-0.2, -0.15) is 0 Å². The van der Waals surface area contributed by atoms with Crippen LogP contribution in [0.4, 0.5) is 5.69 Å². The van der Waals surface area contributed by atoms with Gasteiger partial charge in [0.05, 0.1) is 0 Å².